The molecule has 1 atom stereocenters. The van der Waals surface area contributed by atoms with Gasteiger partial charge in [0.1, 0.15) is 5.75 Å². The molecule has 2 aromatic rings. The van der Waals surface area contributed by atoms with Crippen molar-refractivity contribution in [2.24, 2.45) is 0 Å². The Labute approximate surface area is 147 Å². The van der Waals surface area contributed by atoms with E-state index in [9.17, 15) is 5.11 Å². The normalized spacial score (nSPS) is 13.0. The van der Waals surface area contributed by atoms with Crippen LogP contribution in [0.15, 0.2) is 48.5 Å². The molecule has 0 aliphatic rings. The van der Waals surface area contributed by atoms with Crippen molar-refractivity contribution < 1.29 is 5.11 Å². The van der Waals surface area contributed by atoms with E-state index >= 15 is 0 Å². The van der Waals surface area contributed by atoms with Crippen LogP contribution >= 0.6 is 0 Å². The summed E-state index contributed by atoms with van der Waals surface area (Å²) in [6, 6.07) is 17.4. The summed E-state index contributed by atoms with van der Waals surface area (Å²) in [5, 5.41) is 10.5. The molecule has 0 aliphatic carbocycles. The Morgan fingerprint density at radius 3 is 2.04 bits per heavy atom. The van der Waals surface area contributed by atoms with E-state index in [0.29, 0.717) is 17.8 Å². The van der Waals surface area contributed by atoms with Gasteiger partial charge in [0.15, 0.2) is 0 Å². The van der Waals surface area contributed by atoms with Gasteiger partial charge in [0.05, 0.1) is 0 Å². The van der Waals surface area contributed by atoms with Gasteiger partial charge in [0.25, 0.3) is 0 Å². The zero-order valence-corrected chi connectivity index (χ0v) is 15.7. The molecule has 2 rings (SSSR count). The highest BCUT2D eigenvalue weighted by atomic mass is 16.3. The molecule has 0 unspecified atom stereocenters. The molecular formula is C22H31NO. The first kappa shape index (κ1) is 18.5. The van der Waals surface area contributed by atoms with Crippen molar-refractivity contribution in [2.75, 3.05) is 6.54 Å². The van der Waals surface area contributed by atoms with Gasteiger partial charge < -0.3 is 5.11 Å². The average molecular weight is 325 g/mol. The second kappa shape index (κ2) is 8.34. The number of aryl methyl sites for hydroxylation is 1. The highest BCUT2D eigenvalue weighted by molar-refractivity contribution is 5.46. The molecule has 0 spiro atoms. The smallest absolute Gasteiger partial charge is 0.119 e. The Hall–Kier alpha value is -1.80. The van der Waals surface area contributed by atoms with Crippen molar-refractivity contribution in [3.63, 3.8) is 0 Å². The van der Waals surface area contributed by atoms with E-state index in [-0.39, 0.29) is 5.92 Å². The van der Waals surface area contributed by atoms with Crippen molar-refractivity contribution in [3.05, 3.63) is 65.2 Å². The van der Waals surface area contributed by atoms with E-state index in [2.05, 4.69) is 69.9 Å². The zero-order chi connectivity index (χ0) is 17.7. The van der Waals surface area contributed by atoms with Gasteiger partial charge in [-0.3, -0.25) is 4.90 Å². The lowest BCUT2D eigenvalue weighted by molar-refractivity contribution is 0.170. The third-order valence-electron chi connectivity index (χ3n) is 4.85. The van der Waals surface area contributed by atoms with Gasteiger partial charge in [-0.2, -0.15) is 0 Å². The molecule has 0 aromatic heterocycles. The summed E-state index contributed by atoms with van der Waals surface area (Å²) in [4.78, 5) is 2.52. The second-order valence-corrected chi connectivity index (χ2v) is 7.18. The minimum absolute atomic E-state index is 0.215. The number of nitrogens with zero attached hydrogens (tertiary/aromatic N) is 1. The molecule has 0 bridgehead atoms. The highest BCUT2D eigenvalue weighted by Crippen LogP contribution is 2.36. The van der Waals surface area contributed by atoms with Gasteiger partial charge in [0.2, 0.25) is 0 Å². The predicted molar refractivity (Wildman–Crippen MR) is 103 cm³/mol. The van der Waals surface area contributed by atoms with Crippen LogP contribution in [0.3, 0.4) is 0 Å². The fraction of sp³-hybridized carbons (Fsp3) is 0.455. The molecule has 2 aromatic carbocycles. The number of rotatable bonds is 7. The monoisotopic (exact) mass is 325 g/mol. The van der Waals surface area contributed by atoms with Crippen molar-refractivity contribution in [1.29, 1.82) is 0 Å². The highest BCUT2D eigenvalue weighted by Gasteiger charge is 2.22. The van der Waals surface area contributed by atoms with Gasteiger partial charge in [-0.25, -0.2) is 0 Å². The fourth-order valence-corrected chi connectivity index (χ4v) is 3.67. The van der Waals surface area contributed by atoms with Crippen LogP contribution in [-0.2, 0) is 0 Å². The molecule has 24 heavy (non-hydrogen) atoms. The number of aromatic hydroxyl groups is 1. The molecule has 0 amide bonds. The molecule has 1 N–H and O–H groups in total. The maximum atomic E-state index is 10.5. The summed E-state index contributed by atoms with van der Waals surface area (Å²) >= 11 is 0. The molecule has 0 heterocycles. The molecule has 0 radical (unpaired) electrons. The van der Waals surface area contributed by atoms with Crippen LogP contribution in [-0.4, -0.2) is 28.6 Å². The number of benzene rings is 2. The second-order valence-electron chi connectivity index (χ2n) is 7.18. The topological polar surface area (TPSA) is 23.5 Å². The predicted octanol–water partition coefficient (Wildman–Crippen LogP) is 5.34. The summed E-state index contributed by atoms with van der Waals surface area (Å²) in [7, 11) is 0. The number of phenolic OH excluding ortho intramolecular Hbond substituents is 1. The van der Waals surface area contributed by atoms with Crippen LogP contribution in [0.25, 0.3) is 0 Å². The van der Waals surface area contributed by atoms with Crippen LogP contribution in [0.2, 0.25) is 0 Å². The number of hydrogen-bond acceptors (Lipinski definition) is 2. The summed E-state index contributed by atoms with van der Waals surface area (Å²) in [6.45, 7) is 12.1. The third-order valence-corrected chi connectivity index (χ3v) is 4.85. The molecule has 0 fully saturated rings. The summed E-state index contributed by atoms with van der Waals surface area (Å²) in [6.07, 6.45) is 0.999. The molecule has 2 heteroatoms. The van der Waals surface area contributed by atoms with Crippen LogP contribution in [0.4, 0.5) is 0 Å². The van der Waals surface area contributed by atoms with E-state index < -0.39 is 0 Å². The Kier molecular flexibility index (Phi) is 6.44. The van der Waals surface area contributed by atoms with Crippen molar-refractivity contribution >= 4 is 0 Å². The van der Waals surface area contributed by atoms with Gasteiger partial charge in [0, 0.05) is 23.6 Å². The van der Waals surface area contributed by atoms with E-state index in [4.69, 9.17) is 0 Å². The van der Waals surface area contributed by atoms with Gasteiger partial charge in [-0.15, -0.1) is 0 Å². The quantitative estimate of drug-likeness (QED) is 0.742. The SMILES string of the molecule is Cc1cccc(O)c1[C@H](CCN(C(C)C)C(C)C)c1ccccc1. The zero-order valence-electron chi connectivity index (χ0n) is 15.7. The number of phenols is 1. The van der Waals surface area contributed by atoms with E-state index in [1.165, 1.54) is 5.56 Å². The molecule has 0 aliphatic heterocycles. The van der Waals surface area contributed by atoms with Crippen molar-refractivity contribution in [1.82, 2.24) is 4.90 Å². The maximum absolute atomic E-state index is 10.5. The fourth-order valence-electron chi connectivity index (χ4n) is 3.67. The molecular weight excluding hydrogens is 294 g/mol. The maximum Gasteiger partial charge on any atom is 0.119 e. The van der Waals surface area contributed by atoms with E-state index in [1.54, 1.807) is 6.07 Å². The minimum atomic E-state index is 0.215. The first-order valence-electron chi connectivity index (χ1n) is 9.01. The van der Waals surface area contributed by atoms with Crippen LogP contribution < -0.4 is 0 Å². The average Bonchev–Trinajstić information content (AvgIpc) is 2.53. The first-order valence-corrected chi connectivity index (χ1v) is 9.01. The summed E-state index contributed by atoms with van der Waals surface area (Å²) in [5.41, 5.74) is 3.50. The number of hydrogen-bond donors (Lipinski definition) is 1. The molecule has 2 nitrogen and oxygen atoms in total. The largest absolute Gasteiger partial charge is 0.508 e. The molecule has 130 valence electrons. The Balaban J connectivity index is 2.35. The van der Waals surface area contributed by atoms with Gasteiger partial charge >= 0.3 is 0 Å². The standard InChI is InChI=1S/C22H31NO/c1-16(2)23(17(3)4)15-14-20(19-11-7-6-8-12-19)22-18(5)10-9-13-21(22)24/h6-13,16-17,20,24H,14-15H2,1-5H3/t20-/m1/s1. The van der Waals surface area contributed by atoms with Crippen molar-refractivity contribution in [3.8, 4) is 5.75 Å². The van der Waals surface area contributed by atoms with Crippen molar-refractivity contribution in [2.45, 2.75) is 59.0 Å². The third kappa shape index (κ3) is 4.39. The minimum Gasteiger partial charge on any atom is -0.508 e. The van der Waals surface area contributed by atoms with E-state index in [1.807, 2.05) is 12.1 Å². The van der Waals surface area contributed by atoms with Gasteiger partial charge in [-0.05, 0) is 64.8 Å². The summed E-state index contributed by atoms with van der Waals surface area (Å²) in [5.74, 6) is 0.622. The molecule has 0 saturated heterocycles. The van der Waals surface area contributed by atoms with E-state index in [0.717, 1.165) is 24.1 Å². The Morgan fingerprint density at radius 1 is 0.875 bits per heavy atom. The Bertz CT molecular complexity index is 605. The van der Waals surface area contributed by atoms with Crippen LogP contribution in [0.1, 0.15) is 56.7 Å². The van der Waals surface area contributed by atoms with Crippen LogP contribution in [0.5, 0.6) is 5.75 Å². The van der Waals surface area contributed by atoms with Crippen LogP contribution in [0, 0.1) is 6.92 Å². The molecule has 0 saturated carbocycles. The lowest BCUT2D eigenvalue weighted by atomic mass is 9.85. The first-order chi connectivity index (χ1) is 11.4. The van der Waals surface area contributed by atoms with Gasteiger partial charge in [-0.1, -0.05) is 42.5 Å². The lowest BCUT2D eigenvalue weighted by Crippen LogP contribution is -2.38. The lowest BCUT2D eigenvalue weighted by Gasteiger charge is -2.32. The summed E-state index contributed by atoms with van der Waals surface area (Å²) < 4.78 is 0. The Morgan fingerprint density at radius 2 is 1.50 bits per heavy atom.